The number of amides is 1. The van der Waals surface area contributed by atoms with Crippen LogP contribution in [0, 0.1) is 0 Å². The summed E-state index contributed by atoms with van der Waals surface area (Å²) < 4.78 is 5.67. The van der Waals surface area contributed by atoms with Gasteiger partial charge in [0.15, 0.2) is 0 Å². The highest BCUT2D eigenvalue weighted by Gasteiger charge is 2.18. The zero-order valence-corrected chi connectivity index (χ0v) is 12.9. The number of carbonyl (C=O) groups is 1. The predicted molar refractivity (Wildman–Crippen MR) is 82.8 cm³/mol. The molecule has 3 rings (SSSR count). The summed E-state index contributed by atoms with van der Waals surface area (Å²) in [5.74, 6) is 1.23. The number of fused-ring (bicyclic) bond motifs is 1. The second kappa shape index (κ2) is 6.67. The number of hydrogen-bond acceptors (Lipinski definition) is 3. The van der Waals surface area contributed by atoms with E-state index in [0.717, 1.165) is 55.3 Å². The molecule has 0 bridgehead atoms. The average molecular weight is 309 g/mol. The van der Waals surface area contributed by atoms with Gasteiger partial charge in [0.2, 0.25) is 5.91 Å². The summed E-state index contributed by atoms with van der Waals surface area (Å²) in [6.07, 6.45) is 3.77. The number of rotatable bonds is 5. The van der Waals surface area contributed by atoms with Gasteiger partial charge in [0.1, 0.15) is 5.75 Å². The molecule has 5 heteroatoms. The minimum Gasteiger partial charge on any atom is -0.493 e. The molecule has 0 aromatic heterocycles. The number of hydrogen-bond donors (Lipinski definition) is 1. The molecule has 2 aliphatic heterocycles. The highest BCUT2D eigenvalue weighted by atomic mass is 35.5. The van der Waals surface area contributed by atoms with Crippen molar-refractivity contribution in [2.24, 2.45) is 0 Å². The van der Waals surface area contributed by atoms with Crippen LogP contribution in [0.15, 0.2) is 12.1 Å². The molecule has 0 saturated carbocycles. The van der Waals surface area contributed by atoms with Crippen LogP contribution in [0.3, 0.4) is 0 Å². The summed E-state index contributed by atoms with van der Waals surface area (Å²) in [4.78, 5) is 13.9. The molecule has 2 aliphatic rings. The van der Waals surface area contributed by atoms with E-state index in [9.17, 15) is 4.79 Å². The van der Waals surface area contributed by atoms with Crippen molar-refractivity contribution >= 4 is 17.5 Å². The molecule has 1 aromatic rings. The maximum absolute atomic E-state index is 11.9. The van der Waals surface area contributed by atoms with E-state index >= 15 is 0 Å². The van der Waals surface area contributed by atoms with Crippen molar-refractivity contribution in [3.8, 4) is 5.75 Å². The van der Waals surface area contributed by atoms with Crippen molar-refractivity contribution in [1.82, 2.24) is 10.2 Å². The Bertz CT molecular complexity index is 527. The molecule has 1 aromatic carbocycles. The zero-order chi connectivity index (χ0) is 14.7. The quantitative estimate of drug-likeness (QED) is 0.849. The van der Waals surface area contributed by atoms with Crippen molar-refractivity contribution < 1.29 is 9.53 Å². The normalized spacial score (nSPS) is 16.9. The van der Waals surface area contributed by atoms with E-state index < -0.39 is 0 Å². The Morgan fingerprint density at radius 3 is 2.95 bits per heavy atom. The van der Waals surface area contributed by atoms with Gasteiger partial charge in [-0.3, -0.25) is 4.79 Å². The van der Waals surface area contributed by atoms with E-state index in [-0.39, 0.29) is 5.91 Å². The Morgan fingerprint density at radius 2 is 2.14 bits per heavy atom. The van der Waals surface area contributed by atoms with Gasteiger partial charge in [-0.1, -0.05) is 11.6 Å². The van der Waals surface area contributed by atoms with Gasteiger partial charge in [0, 0.05) is 49.6 Å². The lowest BCUT2D eigenvalue weighted by Crippen LogP contribution is -2.30. The van der Waals surface area contributed by atoms with Crippen LogP contribution in [0.2, 0.25) is 5.02 Å². The van der Waals surface area contributed by atoms with E-state index in [0.29, 0.717) is 19.5 Å². The second-order valence-electron chi connectivity index (χ2n) is 5.67. The van der Waals surface area contributed by atoms with E-state index in [4.69, 9.17) is 16.3 Å². The number of benzene rings is 1. The lowest BCUT2D eigenvalue weighted by atomic mass is 10.1. The summed E-state index contributed by atoms with van der Waals surface area (Å²) in [5, 5.41) is 4.08. The first-order chi connectivity index (χ1) is 10.2. The van der Waals surface area contributed by atoms with Gasteiger partial charge in [-0.05, 0) is 30.5 Å². The number of ether oxygens (including phenoxy) is 1. The Kier molecular flexibility index (Phi) is 4.66. The summed E-state index contributed by atoms with van der Waals surface area (Å²) >= 11 is 6.13. The lowest BCUT2D eigenvalue weighted by Gasteiger charge is -2.15. The lowest BCUT2D eigenvalue weighted by molar-refractivity contribution is -0.130. The number of nitrogens with one attached hydrogen (secondary N) is 1. The van der Waals surface area contributed by atoms with Crippen molar-refractivity contribution in [3.63, 3.8) is 0 Å². The fraction of sp³-hybridized carbons (Fsp3) is 0.562. The topological polar surface area (TPSA) is 41.6 Å². The van der Waals surface area contributed by atoms with Gasteiger partial charge in [-0.15, -0.1) is 0 Å². The molecule has 1 saturated heterocycles. The predicted octanol–water partition coefficient (Wildman–Crippen LogP) is 2.38. The Labute approximate surface area is 130 Å². The van der Waals surface area contributed by atoms with E-state index in [1.54, 1.807) is 0 Å². The van der Waals surface area contributed by atoms with Crippen LogP contribution in [0.5, 0.6) is 5.75 Å². The third-order valence-corrected chi connectivity index (χ3v) is 4.33. The molecule has 2 heterocycles. The highest BCUT2D eigenvalue weighted by molar-refractivity contribution is 6.30. The molecule has 0 atom stereocenters. The molecule has 114 valence electrons. The molecular weight excluding hydrogens is 288 g/mol. The fourth-order valence-corrected chi connectivity index (χ4v) is 3.28. The minimum atomic E-state index is 0.257. The van der Waals surface area contributed by atoms with Gasteiger partial charge < -0.3 is 15.0 Å². The van der Waals surface area contributed by atoms with Crippen molar-refractivity contribution in [2.75, 3.05) is 26.2 Å². The molecule has 4 nitrogen and oxygen atoms in total. The summed E-state index contributed by atoms with van der Waals surface area (Å²) in [6, 6.07) is 3.92. The van der Waals surface area contributed by atoms with Gasteiger partial charge in [-0.25, -0.2) is 0 Å². The standard InChI is InChI=1S/C16H21ClN2O2/c17-14-9-12-4-8-21-16(12)13(10-14)11-18-5-3-15(20)19-6-1-2-7-19/h9-10,18H,1-8,11H2. The third-order valence-electron chi connectivity index (χ3n) is 4.12. The van der Waals surface area contributed by atoms with Crippen molar-refractivity contribution in [3.05, 3.63) is 28.3 Å². The van der Waals surface area contributed by atoms with Crippen LogP contribution >= 0.6 is 11.6 Å². The molecule has 1 N–H and O–H groups in total. The monoisotopic (exact) mass is 308 g/mol. The van der Waals surface area contributed by atoms with Crippen LogP contribution in [-0.2, 0) is 17.8 Å². The largest absolute Gasteiger partial charge is 0.493 e. The first-order valence-electron chi connectivity index (χ1n) is 7.66. The summed E-state index contributed by atoms with van der Waals surface area (Å²) in [6.45, 7) is 3.96. The minimum absolute atomic E-state index is 0.257. The molecule has 0 unspecified atom stereocenters. The maximum Gasteiger partial charge on any atom is 0.223 e. The number of carbonyl (C=O) groups excluding carboxylic acids is 1. The average Bonchev–Trinajstić information content (AvgIpc) is 3.13. The Hall–Kier alpha value is -1.26. The van der Waals surface area contributed by atoms with Crippen LogP contribution in [-0.4, -0.2) is 37.0 Å². The Morgan fingerprint density at radius 1 is 1.33 bits per heavy atom. The molecule has 0 spiro atoms. The first-order valence-corrected chi connectivity index (χ1v) is 8.04. The van der Waals surface area contributed by atoms with Crippen molar-refractivity contribution in [2.45, 2.75) is 32.2 Å². The third kappa shape index (κ3) is 3.50. The summed E-state index contributed by atoms with van der Waals surface area (Å²) in [5.41, 5.74) is 2.27. The SMILES string of the molecule is O=C(CCNCc1cc(Cl)cc2c1OCC2)N1CCCC1. The van der Waals surface area contributed by atoms with Gasteiger partial charge in [-0.2, -0.15) is 0 Å². The summed E-state index contributed by atoms with van der Waals surface area (Å²) in [7, 11) is 0. The molecule has 1 amide bonds. The van der Waals surface area contributed by atoms with Gasteiger partial charge >= 0.3 is 0 Å². The maximum atomic E-state index is 11.9. The molecule has 0 aliphatic carbocycles. The molecule has 21 heavy (non-hydrogen) atoms. The number of likely N-dealkylation sites (tertiary alicyclic amines) is 1. The van der Waals surface area contributed by atoms with Crippen LogP contribution in [0.1, 0.15) is 30.4 Å². The van der Waals surface area contributed by atoms with Crippen LogP contribution < -0.4 is 10.1 Å². The molecular formula is C16H21ClN2O2. The van der Waals surface area contributed by atoms with Gasteiger partial charge in [0.25, 0.3) is 0 Å². The first kappa shape index (κ1) is 14.7. The number of nitrogens with zero attached hydrogens (tertiary/aromatic N) is 1. The molecule has 1 fully saturated rings. The second-order valence-corrected chi connectivity index (χ2v) is 6.10. The van der Waals surface area contributed by atoms with Crippen molar-refractivity contribution in [1.29, 1.82) is 0 Å². The van der Waals surface area contributed by atoms with Crippen LogP contribution in [0.4, 0.5) is 0 Å². The fourth-order valence-electron chi connectivity index (χ4n) is 3.02. The van der Waals surface area contributed by atoms with E-state index in [1.807, 2.05) is 17.0 Å². The van der Waals surface area contributed by atoms with E-state index in [1.165, 1.54) is 5.56 Å². The Balaban J connectivity index is 1.48. The highest BCUT2D eigenvalue weighted by Crippen LogP contribution is 2.32. The number of halogens is 1. The molecule has 0 radical (unpaired) electrons. The smallest absolute Gasteiger partial charge is 0.223 e. The van der Waals surface area contributed by atoms with Crippen LogP contribution in [0.25, 0.3) is 0 Å². The van der Waals surface area contributed by atoms with Gasteiger partial charge in [0.05, 0.1) is 6.61 Å². The zero-order valence-electron chi connectivity index (χ0n) is 12.2. The van der Waals surface area contributed by atoms with E-state index in [2.05, 4.69) is 5.32 Å².